The lowest BCUT2D eigenvalue weighted by Crippen LogP contribution is -2.28. The molecule has 3 N–H and O–H groups in total. The third-order valence-corrected chi connectivity index (χ3v) is 7.58. The second-order valence-electron chi connectivity index (χ2n) is 14.8. The molecule has 0 aliphatic carbocycles. The standard InChI is InChI=1S/C22H24N2O4.C14H18N2O2.C8H7ClO2/c1-14-10-11-17-16(12-14)18(23)19(20(25)28-22(2,3)4)24(17)21(26)27-13-15-8-6-5-7-9-15;1-10-5-6-12(11(7-10)8-15)16-9-13(17)18-14(2,3)4;9-8(10)11-6-7-4-2-1-3-5-7/h5-12H,13,23H2,1-4H3;5-7,16H,9H2,1-4H3;1-5H,6H2. The highest BCUT2D eigenvalue weighted by atomic mass is 35.5. The van der Waals surface area contributed by atoms with Crippen molar-refractivity contribution in [1.82, 2.24) is 4.57 Å². The van der Waals surface area contributed by atoms with Crippen molar-refractivity contribution in [3.05, 3.63) is 131 Å². The molecule has 12 nitrogen and oxygen atoms in total. The summed E-state index contributed by atoms with van der Waals surface area (Å²) in [6.45, 7) is 14.9. The predicted molar refractivity (Wildman–Crippen MR) is 221 cm³/mol. The number of halogens is 1. The van der Waals surface area contributed by atoms with E-state index in [4.69, 9.17) is 36.8 Å². The topological polar surface area (TPSA) is 172 Å². The predicted octanol–water partition coefficient (Wildman–Crippen LogP) is 9.85. The molecule has 0 bridgehead atoms. The van der Waals surface area contributed by atoms with Gasteiger partial charge in [0.05, 0.1) is 22.5 Å². The number of hydrogen-bond donors (Lipinski definition) is 2. The molecule has 5 aromatic rings. The molecule has 13 heteroatoms. The van der Waals surface area contributed by atoms with Crippen molar-refractivity contribution in [2.75, 3.05) is 17.6 Å². The smallest absolute Gasteiger partial charge is 0.419 e. The minimum atomic E-state index is -0.770. The summed E-state index contributed by atoms with van der Waals surface area (Å²) < 4.78 is 21.8. The van der Waals surface area contributed by atoms with Crippen LogP contribution in [0.15, 0.2) is 97.1 Å². The molecular formula is C44H49ClN4O8. The van der Waals surface area contributed by atoms with E-state index in [1.807, 2.05) is 113 Å². The summed E-state index contributed by atoms with van der Waals surface area (Å²) in [7, 11) is 0. The van der Waals surface area contributed by atoms with Crippen molar-refractivity contribution >= 4 is 57.3 Å². The number of esters is 2. The summed E-state index contributed by atoms with van der Waals surface area (Å²) in [6, 6.07) is 31.7. The van der Waals surface area contributed by atoms with Gasteiger partial charge in [0.2, 0.25) is 0 Å². The Morgan fingerprint density at radius 1 is 0.754 bits per heavy atom. The zero-order valence-corrected chi connectivity index (χ0v) is 34.2. The minimum Gasteiger partial charge on any atom is -0.459 e. The first kappa shape index (κ1) is 45.1. The van der Waals surface area contributed by atoms with Crippen molar-refractivity contribution in [2.24, 2.45) is 0 Å². The van der Waals surface area contributed by atoms with E-state index in [0.29, 0.717) is 22.2 Å². The molecule has 0 spiro atoms. The van der Waals surface area contributed by atoms with E-state index in [-0.39, 0.29) is 37.1 Å². The highest BCUT2D eigenvalue weighted by Gasteiger charge is 2.29. The van der Waals surface area contributed by atoms with Gasteiger partial charge >= 0.3 is 23.5 Å². The number of ether oxygens (including phenoxy) is 4. The summed E-state index contributed by atoms with van der Waals surface area (Å²) in [4.78, 5) is 47.4. The number of benzene rings is 4. The molecule has 0 aliphatic heterocycles. The second-order valence-corrected chi connectivity index (χ2v) is 15.1. The number of nitrogens with zero attached hydrogens (tertiary/aromatic N) is 2. The zero-order chi connectivity index (χ0) is 42.3. The number of carbonyl (C=O) groups excluding carboxylic acids is 4. The van der Waals surface area contributed by atoms with Crippen LogP contribution in [0.3, 0.4) is 0 Å². The molecule has 0 amide bonds. The third kappa shape index (κ3) is 15.0. The molecule has 0 saturated carbocycles. The molecule has 1 heterocycles. The van der Waals surface area contributed by atoms with Gasteiger partial charge in [-0.25, -0.2) is 19.0 Å². The number of aryl methyl sites for hydroxylation is 2. The Balaban J connectivity index is 0.000000256. The lowest BCUT2D eigenvalue weighted by atomic mass is 10.1. The first-order valence-electron chi connectivity index (χ1n) is 18.0. The molecule has 0 aliphatic rings. The number of aromatic nitrogens is 1. The first-order valence-corrected chi connectivity index (χ1v) is 18.3. The molecule has 1 aromatic heterocycles. The number of nitrogens with two attached hydrogens (primary N) is 1. The number of anilines is 2. The molecule has 0 atom stereocenters. The average Bonchev–Trinajstić information content (AvgIpc) is 3.43. The van der Waals surface area contributed by atoms with Gasteiger partial charge < -0.3 is 30.0 Å². The highest BCUT2D eigenvalue weighted by Crippen LogP contribution is 2.31. The summed E-state index contributed by atoms with van der Waals surface area (Å²) in [5.74, 6) is -1.01. The normalized spacial score (nSPS) is 10.7. The van der Waals surface area contributed by atoms with Crippen LogP contribution in [-0.4, -0.2) is 45.8 Å². The summed E-state index contributed by atoms with van der Waals surface area (Å²) in [5.41, 5.74) is 9.85. The monoisotopic (exact) mass is 796 g/mol. The van der Waals surface area contributed by atoms with Gasteiger partial charge in [0, 0.05) is 17.0 Å². The van der Waals surface area contributed by atoms with Gasteiger partial charge in [-0.1, -0.05) is 78.4 Å². The number of hydrogen-bond acceptors (Lipinski definition) is 11. The van der Waals surface area contributed by atoms with Crippen molar-refractivity contribution in [1.29, 1.82) is 5.26 Å². The van der Waals surface area contributed by atoms with E-state index in [0.717, 1.165) is 22.3 Å². The van der Waals surface area contributed by atoms with Crippen LogP contribution in [0.25, 0.3) is 10.9 Å². The molecule has 300 valence electrons. The van der Waals surface area contributed by atoms with Gasteiger partial charge in [-0.2, -0.15) is 5.26 Å². The summed E-state index contributed by atoms with van der Waals surface area (Å²) >= 11 is 4.97. The van der Waals surface area contributed by atoms with Crippen LogP contribution in [0.2, 0.25) is 0 Å². The summed E-state index contributed by atoms with van der Waals surface area (Å²) in [6.07, 6.45) is -0.685. The van der Waals surface area contributed by atoms with Crippen LogP contribution in [-0.2, 0) is 37.0 Å². The molecule has 5 rings (SSSR count). The molecule has 0 radical (unpaired) electrons. The quantitative estimate of drug-likeness (QED) is 0.0870. The highest BCUT2D eigenvalue weighted by molar-refractivity contribution is 6.61. The second kappa shape index (κ2) is 20.6. The van der Waals surface area contributed by atoms with E-state index in [9.17, 15) is 19.2 Å². The molecule has 4 aromatic carbocycles. The molecule has 0 fully saturated rings. The van der Waals surface area contributed by atoms with E-state index >= 15 is 0 Å². The number of nitrogens with one attached hydrogen (secondary N) is 1. The molecular weight excluding hydrogens is 748 g/mol. The molecule has 0 unspecified atom stereocenters. The first-order chi connectivity index (χ1) is 26.8. The Morgan fingerprint density at radius 2 is 1.28 bits per heavy atom. The molecule has 0 saturated heterocycles. The maximum absolute atomic E-state index is 12.9. The Labute approximate surface area is 338 Å². The van der Waals surface area contributed by atoms with Crippen LogP contribution in [0, 0.1) is 25.2 Å². The van der Waals surface area contributed by atoms with Gasteiger partial charge in [-0.3, -0.25) is 4.79 Å². The fourth-order valence-electron chi connectivity index (χ4n) is 5.09. The van der Waals surface area contributed by atoms with Gasteiger partial charge in [0.1, 0.15) is 37.0 Å². The minimum absolute atomic E-state index is 0.0198. The largest absolute Gasteiger partial charge is 0.459 e. The zero-order valence-electron chi connectivity index (χ0n) is 33.5. The van der Waals surface area contributed by atoms with E-state index in [2.05, 4.69) is 16.1 Å². The van der Waals surface area contributed by atoms with Gasteiger partial charge in [-0.05, 0) is 96.3 Å². The number of nitrogen functional groups attached to an aromatic ring is 1. The maximum atomic E-state index is 12.9. The van der Waals surface area contributed by atoms with Crippen molar-refractivity contribution in [2.45, 2.75) is 79.8 Å². The number of fused-ring (bicyclic) bond motifs is 1. The van der Waals surface area contributed by atoms with Crippen molar-refractivity contribution < 1.29 is 38.1 Å². The number of rotatable bonds is 8. The average molecular weight is 797 g/mol. The van der Waals surface area contributed by atoms with Crippen LogP contribution < -0.4 is 11.1 Å². The number of carbonyl (C=O) groups is 4. The fraction of sp³-hybridized carbons (Fsp3) is 0.295. The summed E-state index contributed by atoms with van der Waals surface area (Å²) in [5, 5.41) is 12.5. The van der Waals surface area contributed by atoms with Gasteiger partial charge in [0.15, 0.2) is 5.69 Å². The van der Waals surface area contributed by atoms with E-state index in [1.165, 1.54) is 4.57 Å². The number of nitriles is 1. The Kier molecular flexibility index (Phi) is 16.3. The Hall–Kier alpha value is -6.32. The van der Waals surface area contributed by atoms with E-state index in [1.54, 1.807) is 39.0 Å². The molecule has 57 heavy (non-hydrogen) atoms. The lowest BCUT2D eigenvalue weighted by Gasteiger charge is -2.20. The fourth-order valence-corrected chi connectivity index (χ4v) is 5.15. The van der Waals surface area contributed by atoms with Crippen LogP contribution in [0.4, 0.5) is 21.0 Å². The van der Waals surface area contributed by atoms with Crippen LogP contribution in [0.1, 0.15) is 79.8 Å². The maximum Gasteiger partial charge on any atom is 0.419 e. The van der Waals surface area contributed by atoms with Crippen molar-refractivity contribution in [3.8, 4) is 6.07 Å². The van der Waals surface area contributed by atoms with Crippen molar-refractivity contribution in [3.63, 3.8) is 0 Å². The lowest BCUT2D eigenvalue weighted by molar-refractivity contribution is -0.152. The Bertz CT molecular complexity index is 2200. The SMILES string of the molecule is Cc1ccc(NCC(=O)OC(C)(C)C)c(C#N)c1.Cc1ccc2c(c1)c(N)c(C(=O)OC(C)(C)C)n2C(=O)OCc1ccccc1.O=C(Cl)OCc1ccccc1. The van der Waals surface area contributed by atoms with Crippen LogP contribution >= 0.6 is 11.6 Å². The van der Waals surface area contributed by atoms with Crippen LogP contribution in [0.5, 0.6) is 0 Å². The Morgan fingerprint density at radius 3 is 1.81 bits per heavy atom. The van der Waals surface area contributed by atoms with Gasteiger partial charge in [-0.15, -0.1) is 0 Å². The third-order valence-electron chi connectivity index (χ3n) is 7.48. The van der Waals surface area contributed by atoms with Gasteiger partial charge in [0.25, 0.3) is 0 Å². The van der Waals surface area contributed by atoms with E-state index < -0.39 is 28.7 Å².